The van der Waals surface area contributed by atoms with Gasteiger partial charge in [0, 0.05) is 5.21 Å². The molecule has 7 nitrogen and oxygen atoms in total. The van der Waals surface area contributed by atoms with Gasteiger partial charge in [-0.3, -0.25) is 0 Å². The van der Waals surface area contributed by atoms with Gasteiger partial charge in [0.05, 0.1) is 16.7 Å². The molecular weight excluding hydrogens is 174 g/mol. The van der Waals surface area contributed by atoms with E-state index in [1.54, 1.807) is 0 Å². The predicted octanol–water partition coefficient (Wildman–Crippen LogP) is 0.771. The minimum Gasteiger partial charge on any atom is -0.390 e. The van der Waals surface area contributed by atoms with E-state index in [-0.39, 0.29) is 0 Å². The molecule has 13 heavy (non-hydrogen) atoms. The SMILES string of the molecule is CCCCCn1nnc([N+](=O)[O-])n1. The molecule has 1 heterocycles. The number of hydrogen-bond donors (Lipinski definition) is 0. The second-order valence-corrected chi connectivity index (χ2v) is 2.65. The molecule has 0 radical (unpaired) electrons. The summed E-state index contributed by atoms with van der Waals surface area (Å²) in [6.07, 6.45) is 3.08. The van der Waals surface area contributed by atoms with Gasteiger partial charge in [0.15, 0.2) is 0 Å². The summed E-state index contributed by atoms with van der Waals surface area (Å²) >= 11 is 0. The van der Waals surface area contributed by atoms with E-state index in [1.165, 1.54) is 4.80 Å². The van der Waals surface area contributed by atoms with Crippen LogP contribution in [0.25, 0.3) is 0 Å². The number of hydrogen-bond acceptors (Lipinski definition) is 5. The lowest BCUT2D eigenvalue weighted by Gasteiger charge is -1.91. The fourth-order valence-corrected chi connectivity index (χ4v) is 0.906. The summed E-state index contributed by atoms with van der Waals surface area (Å²) in [4.78, 5) is 10.8. The molecule has 0 spiro atoms. The van der Waals surface area contributed by atoms with Crippen LogP contribution in [-0.2, 0) is 6.54 Å². The van der Waals surface area contributed by atoms with Crippen LogP contribution in [0.3, 0.4) is 0 Å². The maximum atomic E-state index is 10.2. The number of aryl methyl sites for hydroxylation is 1. The molecule has 0 atom stereocenters. The smallest absolute Gasteiger partial charge is 0.390 e. The van der Waals surface area contributed by atoms with Crippen LogP contribution in [-0.4, -0.2) is 25.1 Å². The highest BCUT2D eigenvalue weighted by molar-refractivity contribution is 4.92. The Kier molecular flexibility index (Phi) is 3.30. The maximum Gasteiger partial charge on any atom is 0.514 e. The Morgan fingerprint density at radius 1 is 1.54 bits per heavy atom. The van der Waals surface area contributed by atoms with Crippen molar-refractivity contribution in [3.8, 4) is 0 Å². The van der Waals surface area contributed by atoms with Crippen molar-refractivity contribution in [2.75, 3.05) is 0 Å². The van der Waals surface area contributed by atoms with Gasteiger partial charge in [0.2, 0.25) is 0 Å². The van der Waals surface area contributed by atoms with Crippen molar-refractivity contribution in [3.05, 3.63) is 10.1 Å². The molecule has 1 aromatic heterocycles. The standard InChI is InChI=1S/C6H11N5O2/c1-2-3-4-5-10-8-6(7-9-10)11(12)13/h2-5H2,1H3. The van der Waals surface area contributed by atoms with E-state index in [1.807, 2.05) is 0 Å². The van der Waals surface area contributed by atoms with Crippen LogP contribution in [0.2, 0.25) is 0 Å². The molecule has 1 aromatic rings. The summed E-state index contributed by atoms with van der Waals surface area (Å²) < 4.78 is 0. The number of unbranched alkanes of at least 4 members (excludes halogenated alkanes) is 2. The topological polar surface area (TPSA) is 86.7 Å². The largest absolute Gasteiger partial charge is 0.514 e. The third-order valence-electron chi connectivity index (χ3n) is 1.57. The van der Waals surface area contributed by atoms with Gasteiger partial charge in [0.1, 0.15) is 0 Å². The minimum absolute atomic E-state index is 0.434. The van der Waals surface area contributed by atoms with Crippen LogP contribution in [0.15, 0.2) is 0 Å². The van der Waals surface area contributed by atoms with Crippen LogP contribution in [0.4, 0.5) is 5.95 Å². The first-order chi connectivity index (χ1) is 6.24. The van der Waals surface area contributed by atoms with Crippen molar-refractivity contribution in [2.45, 2.75) is 32.7 Å². The van der Waals surface area contributed by atoms with E-state index in [4.69, 9.17) is 0 Å². The van der Waals surface area contributed by atoms with Crippen LogP contribution in [0.1, 0.15) is 26.2 Å². The Hall–Kier alpha value is -1.53. The van der Waals surface area contributed by atoms with E-state index in [2.05, 4.69) is 22.3 Å². The van der Waals surface area contributed by atoms with Gasteiger partial charge in [-0.15, -0.1) is 0 Å². The van der Waals surface area contributed by atoms with Gasteiger partial charge in [-0.25, -0.2) is 0 Å². The number of tetrazole rings is 1. The van der Waals surface area contributed by atoms with E-state index >= 15 is 0 Å². The highest BCUT2D eigenvalue weighted by Gasteiger charge is 2.14. The van der Waals surface area contributed by atoms with Crippen molar-refractivity contribution in [1.29, 1.82) is 0 Å². The average Bonchev–Trinajstić information content (AvgIpc) is 2.53. The molecule has 7 heteroatoms. The predicted molar refractivity (Wildman–Crippen MR) is 44.0 cm³/mol. The van der Waals surface area contributed by atoms with Gasteiger partial charge in [-0.1, -0.05) is 24.6 Å². The quantitative estimate of drug-likeness (QED) is 0.384. The molecule has 0 aliphatic carbocycles. The third kappa shape index (κ3) is 2.77. The molecule has 0 unspecified atom stereocenters. The molecule has 0 saturated heterocycles. The normalized spacial score (nSPS) is 10.2. The lowest BCUT2D eigenvalue weighted by atomic mass is 10.2. The zero-order valence-electron chi connectivity index (χ0n) is 7.38. The van der Waals surface area contributed by atoms with E-state index in [0.717, 1.165) is 19.3 Å². The monoisotopic (exact) mass is 185 g/mol. The first-order valence-corrected chi connectivity index (χ1v) is 4.16. The molecule has 72 valence electrons. The molecule has 0 aliphatic heterocycles. The summed E-state index contributed by atoms with van der Waals surface area (Å²) in [6, 6.07) is 0. The molecule has 0 N–H and O–H groups in total. The lowest BCUT2D eigenvalue weighted by Crippen LogP contribution is -2.02. The molecule has 0 aliphatic rings. The van der Waals surface area contributed by atoms with E-state index < -0.39 is 10.9 Å². The van der Waals surface area contributed by atoms with E-state index in [0.29, 0.717) is 6.54 Å². The number of aromatic nitrogens is 4. The van der Waals surface area contributed by atoms with Crippen molar-refractivity contribution >= 4 is 5.95 Å². The Labute approximate surface area is 74.9 Å². The van der Waals surface area contributed by atoms with Gasteiger partial charge >= 0.3 is 5.95 Å². The third-order valence-corrected chi connectivity index (χ3v) is 1.57. The zero-order valence-corrected chi connectivity index (χ0v) is 7.38. The molecule has 0 saturated carbocycles. The van der Waals surface area contributed by atoms with Gasteiger partial charge < -0.3 is 10.1 Å². The van der Waals surface area contributed by atoms with Crippen LogP contribution in [0.5, 0.6) is 0 Å². The summed E-state index contributed by atoms with van der Waals surface area (Å²) in [5, 5.41) is 20.6. The van der Waals surface area contributed by atoms with Gasteiger partial charge in [-0.05, 0) is 11.3 Å². The van der Waals surface area contributed by atoms with Crippen molar-refractivity contribution < 1.29 is 4.92 Å². The Morgan fingerprint density at radius 3 is 2.85 bits per heavy atom. The van der Waals surface area contributed by atoms with Gasteiger partial charge in [0.25, 0.3) is 0 Å². The fraction of sp³-hybridized carbons (Fsp3) is 0.833. The Bertz CT molecular complexity index is 284. The second-order valence-electron chi connectivity index (χ2n) is 2.65. The van der Waals surface area contributed by atoms with Crippen molar-refractivity contribution in [2.24, 2.45) is 0 Å². The zero-order chi connectivity index (χ0) is 9.68. The van der Waals surface area contributed by atoms with Crippen molar-refractivity contribution in [3.63, 3.8) is 0 Å². The summed E-state index contributed by atoms with van der Waals surface area (Å²) in [5.41, 5.74) is 0. The number of nitro groups is 1. The Balaban J connectivity index is 2.44. The van der Waals surface area contributed by atoms with Crippen LogP contribution >= 0.6 is 0 Å². The lowest BCUT2D eigenvalue weighted by molar-refractivity contribution is -0.394. The highest BCUT2D eigenvalue weighted by atomic mass is 16.6. The first kappa shape index (κ1) is 9.56. The maximum absolute atomic E-state index is 10.2. The highest BCUT2D eigenvalue weighted by Crippen LogP contribution is 1.99. The van der Waals surface area contributed by atoms with Gasteiger partial charge in [-0.2, -0.15) is 0 Å². The first-order valence-electron chi connectivity index (χ1n) is 4.16. The number of rotatable bonds is 5. The number of nitrogens with zero attached hydrogens (tertiary/aromatic N) is 5. The minimum atomic E-state index is -0.649. The molecule has 1 rings (SSSR count). The summed E-state index contributed by atoms with van der Waals surface area (Å²) in [5.74, 6) is -0.434. The summed E-state index contributed by atoms with van der Waals surface area (Å²) in [7, 11) is 0. The van der Waals surface area contributed by atoms with Crippen LogP contribution < -0.4 is 0 Å². The molecule has 0 fully saturated rings. The van der Waals surface area contributed by atoms with Crippen molar-refractivity contribution in [1.82, 2.24) is 20.2 Å². The summed E-state index contributed by atoms with van der Waals surface area (Å²) in [6.45, 7) is 2.67. The Morgan fingerprint density at radius 2 is 2.31 bits per heavy atom. The molecule has 0 aromatic carbocycles. The fourth-order valence-electron chi connectivity index (χ4n) is 0.906. The average molecular weight is 185 g/mol. The molecule has 0 amide bonds. The molecular formula is C6H11N5O2. The van der Waals surface area contributed by atoms with Crippen LogP contribution in [0, 0.1) is 10.1 Å². The molecule has 0 bridgehead atoms. The second kappa shape index (κ2) is 4.48. The van der Waals surface area contributed by atoms with E-state index in [9.17, 15) is 10.1 Å².